The molecular formula is C19H34N4O7S. The van der Waals surface area contributed by atoms with Crippen molar-refractivity contribution in [3.63, 3.8) is 0 Å². The van der Waals surface area contributed by atoms with Crippen molar-refractivity contribution < 1.29 is 34.2 Å². The van der Waals surface area contributed by atoms with Crippen LogP contribution in [0.25, 0.3) is 0 Å². The Bertz CT molecular complexity index is 657. The van der Waals surface area contributed by atoms with Gasteiger partial charge in [0.15, 0.2) is 0 Å². The second kappa shape index (κ2) is 13.9. The van der Waals surface area contributed by atoms with Gasteiger partial charge >= 0.3 is 11.9 Å². The summed E-state index contributed by atoms with van der Waals surface area (Å²) >= 11 is 3.90. The number of thiol groups is 1. The number of carbonyl (C=O) groups is 5. The summed E-state index contributed by atoms with van der Waals surface area (Å²) in [5, 5.41) is 25.2. The third kappa shape index (κ3) is 11.6. The molecule has 3 amide bonds. The Kier molecular flexibility index (Phi) is 12.8. The molecule has 0 aromatic carbocycles. The van der Waals surface area contributed by atoms with Crippen molar-refractivity contribution in [3.05, 3.63) is 0 Å². The second-order valence-corrected chi connectivity index (χ2v) is 8.53. The van der Waals surface area contributed by atoms with Crippen LogP contribution in [-0.4, -0.2) is 69.8 Å². The predicted octanol–water partition coefficient (Wildman–Crippen LogP) is -0.651. The van der Waals surface area contributed by atoms with Crippen molar-refractivity contribution >= 4 is 42.3 Å². The molecule has 0 heterocycles. The van der Waals surface area contributed by atoms with Crippen LogP contribution in [0.5, 0.6) is 0 Å². The third-order valence-corrected chi connectivity index (χ3v) is 4.57. The summed E-state index contributed by atoms with van der Waals surface area (Å²) in [5.74, 6) is -4.77. The van der Waals surface area contributed by atoms with E-state index in [4.69, 9.17) is 15.9 Å². The standard InChI is InChI=1S/C19H34N4O7S/c1-9(2)5-12(21-16(26)11(20)7-15(24)25)17(27)22-13(6-10(3)4)18(28)23-14(8-31)19(29)30/h9-14,31H,5-8,20H2,1-4H3,(H,21,26)(H,22,27)(H,23,28)(H,24,25)(H,29,30). The predicted molar refractivity (Wildman–Crippen MR) is 116 cm³/mol. The zero-order chi connectivity index (χ0) is 24.3. The van der Waals surface area contributed by atoms with Gasteiger partial charge in [-0.25, -0.2) is 4.79 Å². The lowest BCUT2D eigenvalue weighted by Gasteiger charge is -2.26. The van der Waals surface area contributed by atoms with Gasteiger partial charge in [-0.2, -0.15) is 12.6 Å². The molecular weight excluding hydrogens is 428 g/mol. The molecule has 0 radical (unpaired) electrons. The van der Waals surface area contributed by atoms with E-state index >= 15 is 0 Å². The van der Waals surface area contributed by atoms with Gasteiger partial charge in [-0.1, -0.05) is 27.7 Å². The topological polar surface area (TPSA) is 188 Å². The van der Waals surface area contributed by atoms with Crippen molar-refractivity contribution in [1.82, 2.24) is 16.0 Å². The SMILES string of the molecule is CC(C)CC(NC(=O)C(N)CC(=O)O)C(=O)NC(CC(C)C)C(=O)NC(CS)C(=O)O. The van der Waals surface area contributed by atoms with Crippen LogP contribution in [0, 0.1) is 11.8 Å². The first-order chi connectivity index (χ1) is 14.3. The quantitative estimate of drug-likeness (QED) is 0.166. The summed E-state index contributed by atoms with van der Waals surface area (Å²) in [7, 11) is 0. The molecule has 178 valence electrons. The van der Waals surface area contributed by atoms with E-state index in [0.717, 1.165) is 0 Å². The minimum Gasteiger partial charge on any atom is -0.481 e. The normalized spacial score (nSPS) is 15.0. The molecule has 7 N–H and O–H groups in total. The minimum absolute atomic E-state index is 0.00235. The molecule has 0 aliphatic heterocycles. The molecule has 4 unspecified atom stereocenters. The molecule has 0 saturated carbocycles. The molecule has 31 heavy (non-hydrogen) atoms. The molecule has 0 aliphatic rings. The number of nitrogens with one attached hydrogen (secondary N) is 3. The summed E-state index contributed by atoms with van der Waals surface area (Å²) in [4.78, 5) is 59.6. The molecule has 0 saturated heterocycles. The highest BCUT2D eigenvalue weighted by Crippen LogP contribution is 2.10. The van der Waals surface area contributed by atoms with Gasteiger partial charge in [0.1, 0.15) is 18.1 Å². The van der Waals surface area contributed by atoms with E-state index in [1.165, 1.54) is 0 Å². The smallest absolute Gasteiger partial charge is 0.327 e. The maximum atomic E-state index is 12.9. The Hall–Kier alpha value is -2.34. The molecule has 0 fully saturated rings. The lowest BCUT2D eigenvalue weighted by molar-refractivity contribution is -0.141. The fourth-order valence-electron chi connectivity index (χ4n) is 2.70. The summed E-state index contributed by atoms with van der Waals surface area (Å²) in [6.45, 7) is 7.31. The van der Waals surface area contributed by atoms with Gasteiger partial charge in [0.05, 0.1) is 12.5 Å². The van der Waals surface area contributed by atoms with Crippen LogP contribution in [-0.2, 0) is 24.0 Å². The van der Waals surface area contributed by atoms with E-state index in [1.807, 2.05) is 27.7 Å². The molecule has 11 nitrogen and oxygen atoms in total. The highest BCUT2D eigenvalue weighted by molar-refractivity contribution is 7.80. The van der Waals surface area contributed by atoms with Crippen LogP contribution in [0.2, 0.25) is 0 Å². The van der Waals surface area contributed by atoms with E-state index in [1.54, 1.807) is 0 Å². The van der Waals surface area contributed by atoms with Crippen LogP contribution >= 0.6 is 12.6 Å². The number of hydrogen-bond acceptors (Lipinski definition) is 7. The van der Waals surface area contributed by atoms with E-state index in [-0.39, 0.29) is 30.4 Å². The fourth-order valence-corrected chi connectivity index (χ4v) is 2.94. The first-order valence-electron chi connectivity index (χ1n) is 10.0. The van der Waals surface area contributed by atoms with E-state index < -0.39 is 60.2 Å². The Labute approximate surface area is 187 Å². The number of amides is 3. The van der Waals surface area contributed by atoms with Crippen LogP contribution < -0.4 is 21.7 Å². The van der Waals surface area contributed by atoms with Crippen LogP contribution in [0.15, 0.2) is 0 Å². The Morgan fingerprint density at radius 1 is 0.774 bits per heavy atom. The van der Waals surface area contributed by atoms with Gasteiger partial charge < -0.3 is 31.9 Å². The van der Waals surface area contributed by atoms with Gasteiger partial charge in [0.2, 0.25) is 17.7 Å². The number of hydrogen-bond donors (Lipinski definition) is 7. The van der Waals surface area contributed by atoms with Crippen molar-refractivity contribution in [3.8, 4) is 0 Å². The maximum absolute atomic E-state index is 12.9. The molecule has 4 atom stereocenters. The van der Waals surface area contributed by atoms with E-state index in [0.29, 0.717) is 0 Å². The molecule has 0 aromatic heterocycles. The Morgan fingerprint density at radius 2 is 1.16 bits per heavy atom. The summed E-state index contributed by atoms with van der Waals surface area (Å²) in [6.07, 6.45) is -0.139. The zero-order valence-electron chi connectivity index (χ0n) is 18.3. The monoisotopic (exact) mass is 462 g/mol. The van der Waals surface area contributed by atoms with Gasteiger partial charge in [-0.15, -0.1) is 0 Å². The lowest BCUT2D eigenvalue weighted by Crippen LogP contribution is -2.57. The average molecular weight is 463 g/mol. The number of carboxylic acids is 2. The number of carbonyl (C=O) groups excluding carboxylic acids is 3. The van der Waals surface area contributed by atoms with E-state index in [9.17, 15) is 24.0 Å². The van der Waals surface area contributed by atoms with Gasteiger partial charge in [-0.3, -0.25) is 19.2 Å². The van der Waals surface area contributed by atoms with Crippen LogP contribution in [0.3, 0.4) is 0 Å². The Morgan fingerprint density at radius 3 is 1.48 bits per heavy atom. The maximum Gasteiger partial charge on any atom is 0.327 e. The van der Waals surface area contributed by atoms with Gasteiger partial charge in [-0.05, 0) is 24.7 Å². The van der Waals surface area contributed by atoms with Gasteiger partial charge in [0, 0.05) is 5.75 Å². The van der Waals surface area contributed by atoms with Crippen LogP contribution in [0.4, 0.5) is 0 Å². The Balaban J connectivity index is 5.43. The number of rotatable bonds is 14. The minimum atomic E-state index is -1.33. The average Bonchev–Trinajstić information content (AvgIpc) is 2.62. The molecule has 0 aliphatic carbocycles. The first kappa shape index (κ1) is 28.7. The highest BCUT2D eigenvalue weighted by Gasteiger charge is 2.31. The van der Waals surface area contributed by atoms with Crippen LogP contribution in [0.1, 0.15) is 47.0 Å². The molecule has 0 bridgehead atoms. The lowest BCUT2D eigenvalue weighted by atomic mass is 9.99. The number of nitrogens with two attached hydrogens (primary N) is 1. The number of aliphatic carboxylic acids is 2. The van der Waals surface area contributed by atoms with Crippen molar-refractivity contribution in [1.29, 1.82) is 0 Å². The molecule has 12 heteroatoms. The number of carboxylic acid groups (broad SMARTS) is 2. The molecule has 0 rings (SSSR count). The first-order valence-corrected chi connectivity index (χ1v) is 10.6. The zero-order valence-corrected chi connectivity index (χ0v) is 19.1. The van der Waals surface area contributed by atoms with Crippen molar-refractivity contribution in [2.45, 2.75) is 71.1 Å². The molecule has 0 aromatic rings. The summed E-state index contributed by atoms with van der Waals surface area (Å²) in [6, 6.07) is -4.63. The molecule has 0 spiro atoms. The van der Waals surface area contributed by atoms with E-state index in [2.05, 4.69) is 28.6 Å². The summed E-state index contributed by atoms with van der Waals surface area (Å²) < 4.78 is 0. The van der Waals surface area contributed by atoms with Gasteiger partial charge in [0.25, 0.3) is 0 Å². The van der Waals surface area contributed by atoms with Crippen molar-refractivity contribution in [2.75, 3.05) is 5.75 Å². The summed E-state index contributed by atoms with van der Waals surface area (Å²) in [5.41, 5.74) is 5.56. The fraction of sp³-hybridized carbons (Fsp3) is 0.737. The third-order valence-electron chi connectivity index (χ3n) is 4.21. The second-order valence-electron chi connectivity index (χ2n) is 8.17. The highest BCUT2D eigenvalue weighted by atomic mass is 32.1. The van der Waals surface area contributed by atoms with Crippen molar-refractivity contribution in [2.24, 2.45) is 17.6 Å². The largest absolute Gasteiger partial charge is 0.481 e.